The van der Waals surface area contributed by atoms with Crippen molar-refractivity contribution in [3.63, 3.8) is 0 Å². The first-order valence-electron chi connectivity index (χ1n) is 13.1. The fourth-order valence-corrected chi connectivity index (χ4v) is 7.21. The SMILES string of the molecule is CCCN(CC(=O)N(Cc1cccc(Cl)c1)C1CCN(C(=O)c2cccs2)CC1)S(=O)(=O)c1ccc(C)cc1. The molecule has 1 aromatic heterocycles. The smallest absolute Gasteiger partial charge is 0.263 e. The summed E-state index contributed by atoms with van der Waals surface area (Å²) in [4.78, 5) is 31.2. The van der Waals surface area contributed by atoms with Crippen molar-refractivity contribution in [2.45, 2.75) is 50.6 Å². The monoisotopic (exact) mass is 587 g/mol. The summed E-state index contributed by atoms with van der Waals surface area (Å²) in [5.41, 5.74) is 1.83. The second-order valence-corrected chi connectivity index (χ2v) is 13.1. The molecule has 0 aliphatic carbocycles. The Morgan fingerprint density at radius 1 is 1.05 bits per heavy atom. The molecule has 3 aromatic rings. The van der Waals surface area contributed by atoms with Gasteiger partial charge in [-0.05, 0) is 67.5 Å². The van der Waals surface area contributed by atoms with E-state index in [1.54, 1.807) is 35.2 Å². The highest BCUT2D eigenvalue weighted by atomic mass is 35.5. The van der Waals surface area contributed by atoms with Crippen LogP contribution in [0.1, 0.15) is 47.0 Å². The minimum Gasteiger partial charge on any atom is -0.338 e. The Bertz CT molecular complexity index is 1370. The topological polar surface area (TPSA) is 78.0 Å². The maximum Gasteiger partial charge on any atom is 0.263 e. The third-order valence-electron chi connectivity index (χ3n) is 6.93. The molecule has 10 heteroatoms. The minimum absolute atomic E-state index is 0.00878. The minimum atomic E-state index is -3.85. The van der Waals surface area contributed by atoms with Crippen molar-refractivity contribution in [1.29, 1.82) is 0 Å². The van der Waals surface area contributed by atoms with Gasteiger partial charge in [-0.25, -0.2) is 8.42 Å². The summed E-state index contributed by atoms with van der Waals surface area (Å²) in [7, 11) is -3.85. The predicted octanol–water partition coefficient (Wildman–Crippen LogP) is 5.44. The van der Waals surface area contributed by atoms with E-state index in [-0.39, 0.29) is 35.8 Å². The molecule has 0 unspecified atom stereocenters. The number of sulfonamides is 1. The second-order valence-electron chi connectivity index (χ2n) is 9.80. The van der Waals surface area contributed by atoms with Gasteiger partial charge in [-0.2, -0.15) is 4.31 Å². The summed E-state index contributed by atoms with van der Waals surface area (Å²) in [6.45, 7) is 5.15. The van der Waals surface area contributed by atoms with Gasteiger partial charge < -0.3 is 9.80 Å². The molecule has 208 valence electrons. The van der Waals surface area contributed by atoms with Gasteiger partial charge in [-0.15, -0.1) is 11.3 Å². The summed E-state index contributed by atoms with van der Waals surface area (Å²) in [5.74, 6) is -0.253. The zero-order valence-electron chi connectivity index (χ0n) is 22.3. The van der Waals surface area contributed by atoms with Crippen LogP contribution in [0.5, 0.6) is 0 Å². The first-order chi connectivity index (χ1) is 18.7. The largest absolute Gasteiger partial charge is 0.338 e. The number of benzene rings is 2. The maximum atomic E-state index is 13.9. The first kappa shape index (κ1) is 29.3. The van der Waals surface area contributed by atoms with Crippen LogP contribution in [0.25, 0.3) is 0 Å². The Hall–Kier alpha value is -2.72. The molecular formula is C29H34ClN3O4S2. The van der Waals surface area contributed by atoms with E-state index in [1.165, 1.54) is 15.6 Å². The average Bonchev–Trinajstić information content (AvgIpc) is 3.47. The van der Waals surface area contributed by atoms with Gasteiger partial charge in [0, 0.05) is 37.2 Å². The lowest BCUT2D eigenvalue weighted by atomic mass is 10.0. The normalized spacial score (nSPS) is 14.5. The molecule has 39 heavy (non-hydrogen) atoms. The number of amides is 2. The number of aryl methyl sites for hydroxylation is 1. The van der Waals surface area contributed by atoms with E-state index in [4.69, 9.17) is 11.6 Å². The number of halogens is 1. The molecule has 1 aliphatic heterocycles. The van der Waals surface area contributed by atoms with E-state index in [0.29, 0.717) is 48.8 Å². The fourth-order valence-electron chi connectivity index (χ4n) is 4.82. The zero-order chi connectivity index (χ0) is 28.0. The van der Waals surface area contributed by atoms with Crippen LogP contribution in [-0.2, 0) is 21.4 Å². The summed E-state index contributed by atoms with van der Waals surface area (Å²) >= 11 is 7.65. The highest BCUT2D eigenvalue weighted by Gasteiger charge is 2.33. The van der Waals surface area contributed by atoms with Gasteiger partial charge in [0.2, 0.25) is 15.9 Å². The molecule has 0 bridgehead atoms. The van der Waals surface area contributed by atoms with Crippen LogP contribution in [0.4, 0.5) is 0 Å². The number of thiophene rings is 1. The van der Waals surface area contributed by atoms with Crippen molar-refractivity contribution in [3.8, 4) is 0 Å². The molecule has 1 aliphatic rings. The third kappa shape index (κ3) is 7.28. The first-order valence-corrected chi connectivity index (χ1v) is 15.8. The van der Waals surface area contributed by atoms with E-state index in [1.807, 2.05) is 54.5 Å². The molecule has 0 atom stereocenters. The summed E-state index contributed by atoms with van der Waals surface area (Å²) in [6.07, 6.45) is 1.81. The Kier molecular flexibility index (Phi) is 9.82. The van der Waals surface area contributed by atoms with Crippen molar-refractivity contribution in [2.75, 3.05) is 26.2 Å². The number of nitrogens with zero attached hydrogens (tertiary/aromatic N) is 3. The molecule has 1 fully saturated rings. The van der Waals surface area contributed by atoms with Crippen molar-refractivity contribution < 1.29 is 18.0 Å². The van der Waals surface area contributed by atoms with Crippen LogP contribution in [0.15, 0.2) is 70.9 Å². The number of carbonyl (C=O) groups excluding carboxylic acids is 2. The molecule has 2 amide bonds. The van der Waals surface area contributed by atoms with Crippen LogP contribution in [0.3, 0.4) is 0 Å². The number of likely N-dealkylation sites (tertiary alicyclic amines) is 1. The molecule has 0 saturated carbocycles. The Labute approximate surface area is 240 Å². The molecule has 0 spiro atoms. The van der Waals surface area contributed by atoms with Crippen LogP contribution in [-0.4, -0.2) is 66.6 Å². The zero-order valence-corrected chi connectivity index (χ0v) is 24.6. The second kappa shape index (κ2) is 13.1. The lowest BCUT2D eigenvalue weighted by molar-refractivity contribution is -0.135. The average molecular weight is 588 g/mol. The van der Waals surface area contributed by atoms with E-state index >= 15 is 0 Å². The van der Waals surface area contributed by atoms with Gasteiger partial charge in [0.15, 0.2) is 0 Å². The van der Waals surface area contributed by atoms with E-state index in [9.17, 15) is 18.0 Å². The summed E-state index contributed by atoms with van der Waals surface area (Å²) < 4.78 is 28.3. The van der Waals surface area contributed by atoms with Crippen molar-refractivity contribution in [1.82, 2.24) is 14.1 Å². The predicted molar refractivity (Wildman–Crippen MR) is 155 cm³/mol. The molecular weight excluding hydrogens is 554 g/mol. The molecule has 2 aromatic carbocycles. The maximum absolute atomic E-state index is 13.9. The summed E-state index contributed by atoms with van der Waals surface area (Å²) in [6, 6.07) is 17.6. The van der Waals surface area contributed by atoms with Crippen molar-refractivity contribution >= 4 is 44.8 Å². The number of carbonyl (C=O) groups is 2. The molecule has 0 N–H and O–H groups in total. The van der Waals surface area contributed by atoms with Crippen LogP contribution in [0.2, 0.25) is 5.02 Å². The van der Waals surface area contributed by atoms with Crippen LogP contribution < -0.4 is 0 Å². The van der Waals surface area contributed by atoms with Gasteiger partial charge >= 0.3 is 0 Å². The van der Waals surface area contributed by atoms with Gasteiger partial charge in [-0.3, -0.25) is 9.59 Å². The lowest BCUT2D eigenvalue weighted by Crippen LogP contribution is -2.51. The Balaban J connectivity index is 1.54. The van der Waals surface area contributed by atoms with Crippen LogP contribution >= 0.6 is 22.9 Å². The van der Waals surface area contributed by atoms with Gasteiger partial charge in [0.25, 0.3) is 5.91 Å². The fraction of sp³-hybridized carbons (Fsp3) is 0.379. The van der Waals surface area contributed by atoms with Crippen LogP contribution in [0, 0.1) is 6.92 Å². The van der Waals surface area contributed by atoms with E-state index < -0.39 is 10.0 Å². The van der Waals surface area contributed by atoms with Crippen molar-refractivity contribution in [2.24, 2.45) is 0 Å². The number of rotatable bonds is 10. The van der Waals surface area contributed by atoms with Gasteiger partial charge in [0.05, 0.1) is 16.3 Å². The molecule has 0 radical (unpaired) electrons. The Morgan fingerprint density at radius 2 is 1.77 bits per heavy atom. The standard InChI is InChI=1S/C29H34ClN3O4S2/c1-3-15-32(39(36,37)26-11-9-22(2)10-12-26)21-28(34)33(20-23-6-4-7-24(30)19-23)25-13-16-31(17-14-25)29(35)27-8-5-18-38-27/h4-12,18-19,25H,3,13-17,20-21H2,1-2H3. The van der Waals surface area contributed by atoms with E-state index in [0.717, 1.165) is 11.1 Å². The molecule has 7 nitrogen and oxygen atoms in total. The third-order valence-corrected chi connectivity index (χ3v) is 9.88. The molecule has 4 rings (SSSR count). The van der Waals surface area contributed by atoms with Crippen molar-refractivity contribution in [3.05, 3.63) is 87.1 Å². The quantitative estimate of drug-likeness (QED) is 0.316. The highest BCUT2D eigenvalue weighted by molar-refractivity contribution is 7.89. The summed E-state index contributed by atoms with van der Waals surface area (Å²) in [5, 5.41) is 2.46. The van der Waals surface area contributed by atoms with Gasteiger partial charge in [0.1, 0.15) is 0 Å². The number of hydrogen-bond donors (Lipinski definition) is 0. The molecule has 1 saturated heterocycles. The number of hydrogen-bond acceptors (Lipinski definition) is 5. The molecule has 2 heterocycles. The number of piperidine rings is 1. The van der Waals surface area contributed by atoms with Gasteiger partial charge in [-0.1, -0.05) is 54.4 Å². The Morgan fingerprint density at radius 3 is 2.38 bits per heavy atom. The lowest BCUT2D eigenvalue weighted by Gasteiger charge is -2.39. The van der Waals surface area contributed by atoms with E-state index in [2.05, 4.69) is 0 Å². The highest BCUT2D eigenvalue weighted by Crippen LogP contribution is 2.24.